The van der Waals surface area contributed by atoms with Gasteiger partial charge in [-0.2, -0.15) is 0 Å². The summed E-state index contributed by atoms with van der Waals surface area (Å²) in [6, 6.07) is 5.60. The highest BCUT2D eigenvalue weighted by molar-refractivity contribution is 5.92. The number of rotatable bonds is 4. The Morgan fingerprint density at radius 3 is 2.62 bits per heavy atom. The van der Waals surface area contributed by atoms with Gasteiger partial charge in [0.1, 0.15) is 5.82 Å². The Balaban J connectivity index is 1.62. The Morgan fingerprint density at radius 1 is 1.31 bits per heavy atom. The summed E-state index contributed by atoms with van der Waals surface area (Å²) in [5.41, 5.74) is -0.982. The SMILES string of the molecule is O=C(O)[C@H]1[C@@H]2C[C@@H](OCc3ccc(F)cc3)[C@@]3(C(=O)OCN3C(=O)O)[C@@H]21. The lowest BCUT2D eigenvalue weighted by Gasteiger charge is -2.36. The Morgan fingerprint density at radius 2 is 2.00 bits per heavy atom. The van der Waals surface area contributed by atoms with Crippen LogP contribution in [0.1, 0.15) is 12.0 Å². The number of amides is 1. The highest BCUT2D eigenvalue weighted by Gasteiger charge is 2.80. The quantitative estimate of drug-likeness (QED) is 0.773. The fourth-order valence-corrected chi connectivity index (χ4v) is 4.51. The van der Waals surface area contributed by atoms with E-state index in [0.717, 1.165) is 4.90 Å². The summed E-state index contributed by atoms with van der Waals surface area (Å²) < 4.78 is 23.8. The first kappa shape index (κ1) is 16.8. The summed E-state index contributed by atoms with van der Waals surface area (Å²) in [7, 11) is 0. The van der Waals surface area contributed by atoms with Gasteiger partial charge in [0, 0.05) is 5.92 Å². The maximum Gasteiger partial charge on any atom is 0.411 e. The van der Waals surface area contributed by atoms with Crippen molar-refractivity contribution in [1.82, 2.24) is 4.90 Å². The number of carbonyl (C=O) groups excluding carboxylic acids is 1. The van der Waals surface area contributed by atoms with Crippen molar-refractivity contribution in [2.24, 2.45) is 17.8 Å². The molecule has 2 aliphatic carbocycles. The van der Waals surface area contributed by atoms with Crippen molar-refractivity contribution in [1.29, 1.82) is 0 Å². The molecule has 1 aromatic carbocycles. The van der Waals surface area contributed by atoms with E-state index >= 15 is 0 Å². The Hall–Kier alpha value is -2.68. The highest BCUT2D eigenvalue weighted by atomic mass is 19.1. The number of cyclic esters (lactones) is 1. The largest absolute Gasteiger partial charge is 0.481 e. The number of nitrogens with zero attached hydrogens (tertiary/aromatic N) is 1. The maximum absolute atomic E-state index is 13.0. The molecule has 26 heavy (non-hydrogen) atoms. The van der Waals surface area contributed by atoms with Gasteiger partial charge in [-0.15, -0.1) is 0 Å². The summed E-state index contributed by atoms with van der Waals surface area (Å²) in [6.07, 6.45) is -1.92. The summed E-state index contributed by atoms with van der Waals surface area (Å²) in [6.45, 7) is -0.398. The third kappa shape index (κ3) is 2.20. The molecule has 3 aliphatic rings. The average Bonchev–Trinajstić information content (AvgIpc) is 3.08. The van der Waals surface area contributed by atoms with Crippen LogP contribution in [0.25, 0.3) is 0 Å². The van der Waals surface area contributed by atoms with Gasteiger partial charge < -0.3 is 19.7 Å². The van der Waals surface area contributed by atoms with Crippen LogP contribution in [-0.4, -0.2) is 51.5 Å². The van der Waals surface area contributed by atoms with E-state index in [-0.39, 0.29) is 18.9 Å². The molecule has 1 aliphatic heterocycles. The van der Waals surface area contributed by atoms with Crippen molar-refractivity contribution in [3.05, 3.63) is 35.6 Å². The van der Waals surface area contributed by atoms with Crippen LogP contribution in [-0.2, 0) is 25.7 Å². The summed E-state index contributed by atoms with van der Waals surface area (Å²) in [5, 5.41) is 18.8. The van der Waals surface area contributed by atoms with Crippen molar-refractivity contribution in [2.45, 2.75) is 24.7 Å². The van der Waals surface area contributed by atoms with Gasteiger partial charge in [-0.3, -0.25) is 9.69 Å². The predicted octanol–water partition coefficient (Wildman–Crippen LogP) is 1.29. The minimum Gasteiger partial charge on any atom is -0.481 e. The van der Waals surface area contributed by atoms with Gasteiger partial charge >= 0.3 is 18.0 Å². The van der Waals surface area contributed by atoms with E-state index in [1.165, 1.54) is 24.3 Å². The van der Waals surface area contributed by atoms with E-state index < -0.39 is 54.1 Å². The molecule has 8 nitrogen and oxygen atoms in total. The van der Waals surface area contributed by atoms with Crippen LogP contribution in [0.4, 0.5) is 9.18 Å². The van der Waals surface area contributed by atoms with E-state index in [4.69, 9.17) is 9.47 Å². The van der Waals surface area contributed by atoms with E-state index in [2.05, 4.69) is 0 Å². The second-order valence-corrected chi connectivity index (χ2v) is 6.81. The zero-order valence-corrected chi connectivity index (χ0v) is 13.5. The molecular formula is C17H16FNO7. The number of ether oxygens (including phenoxy) is 2. The minimum atomic E-state index is -1.64. The first-order valence-corrected chi connectivity index (χ1v) is 8.14. The number of aliphatic carboxylic acids is 1. The standard InChI is InChI=1S/C17H16FNO7/c18-9-3-1-8(2-4-9)6-25-11-5-10-12(14(20)21)13(10)17(11)15(22)26-7-19(17)16(23)24/h1-4,10-13H,5-7H2,(H,20,21)(H,23,24)/t10-,11+,12-,13-,17-/m0/s1. The first-order valence-electron chi connectivity index (χ1n) is 8.14. The fraction of sp³-hybridized carbons (Fsp3) is 0.471. The topological polar surface area (TPSA) is 113 Å². The van der Waals surface area contributed by atoms with Gasteiger partial charge in [-0.25, -0.2) is 14.0 Å². The van der Waals surface area contributed by atoms with E-state index in [1.54, 1.807) is 0 Å². The van der Waals surface area contributed by atoms with Gasteiger partial charge in [0.2, 0.25) is 0 Å². The number of hydrogen-bond acceptors (Lipinski definition) is 5. The molecule has 3 fully saturated rings. The number of esters is 1. The molecule has 5 atom stereocenters. The Labute approximate surface area is 147 Å². The molecule has 2 saturated carbocycles. The molecule has 1 amide bonds. The molecule has 0 unspecified atom stereocenters. The molecule has 0 radical (unpaired) electrons. The second-order valence-electron chi connectivity index (χ2n) is 6.81. The first-order chi connectivity index (χ1) is 12.4. The van der Waals surface area contributed by atoms with Crippen molar-refractivity contribution in [3.63, 3.8) is 0 Å². The highest BCUT2D eigenvalue weighted by Crippen LogP contribution is 2.66. The summed E-state index contributed by atoms with van der Waals surface area (Å²) in [5.74, 6) is -3.99. The lowest BCUT2D eigenvalue weighted by Crippen LogP contribution is -2.60. The Bertz CT molecular complexity index is 782. The maximum atomic E-state index is 13.0. The molecule has 4 rings (SSSR count). The third-order valence-corrected chi connectivity index (χ3v) is 5.63. The lowest BCUT2D eigenvalue weighted by molar-refractivity contribution is -0.151. The molecule has 1 saturated heterocycles. The normalized spacial score (nSPS) is 34.7. The molecule has 1 aromatic rings. The number of halogens is 1. The van der Waals surface area contributed by atoms with Gasteiger partial charge in [-0.05, 0) is 30.0 Å². The number of fused-ring (bicyclic) bond motifs is 2. The molecule has 138 valence electrons. The van der Waals surface area contributed by atoms with E-state index in [0.29, 0.717) is 5.56 Å². The smallest absolute Gasteiger partial charge is 0.411 e. The van der Waals surface area contributed by atoms with Crippen LogP contribution in [0.15, 0.2) is 24.3 Å². The molecule has 2 N–H and O–H groups in total. The van der Waals surface area contributed by atoms with Crippen LogP contribution in [0.5, 0.6) is 0 Å². The fourth-order valence-electron chi connectivity index (χ4n) is 4.51. The molecule has 0 aromatic heterocycles. The van der Waals surface area contributed by atoms with Crippen LogP contribution in [0, 0.1) is 23.6 Å². The number of hydrogen-bond donors (Lipinski definition) is 2. The van der Waals surface area contributed by atoms with Gasteiger partial charge in [0.05, 0.1) is 18.6 Å². The Kier molecular flexibility index (Phi) is 3.65. The third-order valence-electron chi connectivity index (χ3n) is 5.63. The van der Waals surface area contributed by atoms with Crippen molar-refractivity contribution < 1.29 is 38.5 Å². The summed E-state index contributed by atoms with van der Waals surface area (Å²) in [4.78, 5) is 36.5. The van der Waals surface area contributed by atoms with Gasteiger partial charge in [0.25, 0.3) is 0 Å². The van der Waals surface area contributed by atoms with E-state index in [1.807, 2.05) is 0 Å². The number of carboxylic acid groups (broad SMARTS) is 2. The molecule has 9 heteroatoms. The second kappa shape index (κ2) is 5.66. The summed E-state index contributed by atoms with van der Waals surface area (Å²) >= 11 is 0. The molecule has 0 bridgehead atoms. The van der Waals surface area contributed by atoms with Crippen LogP contribution in [0.3, 0.4) is 0 Å². The molecular weight excluding hydrogens is 349 g/mol. The van der Waals surface area contributed by atoms with Crippen molar-refractivity contribution in [2.75, 3.05) is 6.73 Å². The average molecular weight is 365 g/mol. The minimum absolute atomic E-state index is 0.0462. The zero-order valence-electron chi connectivity index (χ0n) is 13.5. The van der Waals surface area contributed by atoms with Crippen LogP contribution < -0.4 is 0 Å². The monoisotopic (exact) mass is 365 g/mol. The van der Waals surface area contributed by atoms with Gasteiger partial charge in [-0.1, -0.05) is 12.1 Å². The zero-order chi connectivity index (χ0) is 18.6. The number of carbonyl (C=O) groups is 3. The van der Waals surface area contributed by atoms with Crippen LogP contribution in [0.2, 0.25) is 0 Å². The van der Waals surface area contributed by atoms with Crippen molar-refractivity contribution in [3.8, 4) is 0 Å². The number of benzene rings is 1. The predicted molar refractivity (Wildman–Crippen MR) is 81.3 cm³/mol. The number of carboxylic acids is 1. The lowest BCUT2D eigenvalue weighted by atomic mass is 9.86. The van der Waals surface area contributed by atoms with Gasteiger partial charge in [0.15, 0.2) is 12.3 Å². The van der Waals surface area contributed by atoms with Crippen LogP contribution >= 0.6 is 0 Å². The van der Waals surface area contributed by atoms with Crippen molar-refractivity contribution >= 4 is 18.0 Å². The van der Waals surface area contributed by atoms with E-state index in [9.17, 15) is 29.0 Å². The molecule has 1 heterocycles. The molecule has 1 spiro atoms.